The first kappa shape index (κ1) is 15.5. The Labute approximate surface area is 135 Å². The van der Waals surface area contributed by atoms with Crippen LogP contribution in [0.3, 0.4) is 0 Å². The molecular formula is C17H21N3O3. The van der Waals surface area contributed by atoms with E-state index < -0.39 is 0 Å². The van der Waals surface area contributed by atoms with Crippen molar-refractivity contribution in [2.24, 2.45) is 0 Å². The first-order chi connectivity index (χ1) is 11.1. The van der Waals surface area contributed by atoms with Gasteiger partial charge >= 0.3 is 0 Å². The molecule has 122 valence electrons. The van der Waals surface area contributed by atoms with E-state index in [4.69, 9.17) is 0 Å². The van der Waals surface area contributed by atoms with Crippen molar-refractivity contribution < 1.29 is 14.4 Å². The van der Waals surface area contributed by atoms with Crippen molar-refractivity contribution in [2.75, 3.05) is 37.6 Å². The summed E-state index contributed by atoms with van der Waals surface area (Å²) >= 11 is 0. The van der Waals surface area contributed by atoms with Crippen LogP contribution >= 0.6 is 0 Å². The van der Waals surface area contributed by atoms with Gasteiger partial charge in [-0.15, -0.1) is 0 Å². The van der Waals surface area contributed by atoms with Gasteiger partial charge in [-0.25, -0.2) is 0 Å². The second-order valence-electron chi connectivity index (χ2n) is 5.99. The number of rotatable bonds is 2. The van der Waals surface area contributed by atoms with Crippen LogP contribution in [0.5, 0.6) is 0 Å². The van der Waals surface area contributed by atoms with Gasteiger partial charge in [0.2, 0.25) is 11.8 Å². The van der Waals surface area contributed by atoms with Crippen LogP contribution < -0.4 is 4.90 Å². The predicted octanol–water partition coefficient (Wildman–Crippen LogP) is 1.12. The summed E-state index contributed by atoms with van der Waals surface area (Å²) in [5, 5.41) is 0. The van der Waals surface area contributed by atoms with Gasteiger partial charge in [-0.3, -0.25) is 14.4 Å². The monoisotopic (exact) mass is 315 g/mol. The van der Waals surface area contributed by atoms with Gasteiger partial charge in [0.15, 0.2) is 0 Å². The Morgan fingerprint density at radius 3 is 2.04 bits per heavy atom. The van der Waals surface area contributed by atoms with E-state index in [9.17, 15) is 14.4 Å². The minimum Gasteiger partial charge on any atom is -0.339 e. The number of amides is 3. The highest BCUT2D eigenvalue weighted by atomic mass is 16.2. The maximum absolute atomic E-state index is 12.5. The number of hydrogen-bond donors (Lipinski definition) is 0. The van der Waals surface area contributed by atoms with E-state index in [0.29, 0.717) is 38.2 Å². The van der Waals surface area contributed by atoms with E-state index in [2.05, 4.69) is 0 Å². The zero-order valence-electron chi connectivity index (χ0n) is 13.3. The highest BCUT2D eigenvalue weighted by Gasteiger charge is 2.24. The number of anilines is 1. The van der Waals surface area contributed by atoms with Crippen LogP contribution in [0.2, 0.25) is 0 Å². The Kier molecular flexibility index (Phi) is 4.32. The minimum absolute atomic E-state index is 0.0208. The Balaban J connectivity index is 1.64. The fourth-order valence-corrected chi connectivity index (χ4v) is 3.11. The zero-order chi connectivity index (χ0) is 16.4. The molecule has 0 unspecified atom stereocenters. The van der Waals surface area contributed by atoms with Crippen LogP contribution in [0.15, 0.2) is 24.3 Å². The second-order valence-corrected chi connectivity index (χ2v) is 5.99. The number of carbonyl (C=O) groups is 3. The average molecular weight is 315 g/mol. The molecule has 2 aliphatic rings. The standard InChI is InChI=1S/C17H21N3O3/c1-13(21)18-9-11-19(12-10-18)17(23)14-4-6-15(7-5-14)20-8-2-3-16(20)22/h4-7H,2-3,8-12H2,1H3. The van der Waals surface area contributed by atoms with Crippen molar-refractivity contribution in [1.29, 1.82) is 0 Å². The largest absolute Gasteiger partial charge is 0.339 e. The SMILES string of the molecule is CC(=O)N1CCN(C(=O)c2ccc(N3CCCC3=O)cc2)CC1. The summed E-state index contributed by atoms with van der Waals surface area (Å²) in [6.45, 7) is 4.59. The van der Waals surface area contributed by atoms with Crippen LogP contribution in [0.25, 0.3) is 0 Å². The minimum atomic E-state index is -0.0208. The lowest BCUT2D eigenvalue weighted by molar-refractivity contribution is -0.130. The molecule has 6 heteroatoms. The Bertz CT molecular complexity index is 618. The fourth-order valence-electron chi connectivity index (χ4n) is 3.11. The van der Waals surface area contributed by atoms with E-state index in [1.54, 1.807) is 33.8 Å². The first-order valence-corrected chi connectivity index (χ1v) is 8.01. The van der Waals surface area contributed by atoms with Gasteiger partial charge in [-0.1, -0.05) is 0 Å². The van der Waals surface area contributed by atoms with Crippen LogP contribution in [-0.2, 0) is 9.59 Å². The highest BCUT2D eigenvalue weighted by molar-refractivity contribution is 5.97. The molecule has 0 saturated carbocycles. The third kappa shape index (κ3) is 3.21. The Morgan fingerprint density at radius 2 is 1.52 bits per heavy atom. The van der Waals surface area contributed by atoms with Gasteiger partial charge in [0.25, 0.3) is 5.91 Å². The molecule has 0 N–H and O–H groups in total. The van der Waals surface area contributed by atoms with Crippen molar-refractivity contribution in [3.05, 3.63) is 29.8 Å². The lowest BCUT2D eigenvalue weighted by atomic mass is 10.1. The van der Waals surface area contributed by atoms with Crippen LogP contribution in [0.4, 0.5) is 5.69 Å². The van der Waals surface area contributed by atoms with Crippen LogP contribution in [0, 0.1) is 0 Å². The molecule has 0 radical (unpaired) electrons. The molecule has 1 aromatic carbocycles. The molecule has 2 heterocycles. The molecule has 0 atom stereocenters. The van der Waals surface area contributed by atoms with Crippen LogP contribution in [0.1, 0.15) is 30.1 Å². The number of nitrogens with zero attached hydrogens (tertiary/aromatic N) is 3. The number of benzene rings is 1. The summed E-state index contributed by atoms with van der Waals surface area (Å²) in [4.78, 5) is 40.9. The Morgan fingerprint density at radius 1 is 0.913 bits per heavy atom. The van der Waals surface area contributed by atoms with Gasteiger partial charge in [0.05, 0.1) is 0 Å². The molecule has 3 amide bonds. The molecule has 2 saturated heterocycles. The summed E-state index contributed by atoms with van der Waals surface area (Å²) in [5.41, 5.74) is 1.47. The predicted molar refractivity (Wildman–Crippen MR) is 86.2 cm³/mol. The summed E-state index contributed by atoms with van der Waals surface area (Å²) < 4.78 is 0. The van der Waals surface area contributed by atoms with E-state index in [0.717, 1.165) is 18.7 Å². The summed E-state index contributed by atoms with van der Waals surface area (Å²) in [6, 6.07) is 7.23. The molecule has 0 bridgehead atoms. The van der Waals surface area contributed by atoms with E-state index in [1.807, 2.05) is 12.1 Å². The maximum Gasteiger partial charge on any atom is 0.253 e. The molecule has 1 aromatic rings. The van der Waals surface area contributed by atoms with Crippen molar-refractivity contribution >= 4 is 23.4 Å². The molecule has 23 heavy (non-hydrogen) atoms. The summed E-state index contributed by atoms with van der Waals surface area (Å²) in [7, 11) is 0. The van der Waals surface area contributed by atoms with E-state index >= 15 is 0 Å². The van der Waals surface area contributed by atoms with Crippen molar-refractivity contribution in [3.8, 4) is 0 Å². The van der Waals surface area contributed by atoms with Gasteiger partial charge in [0, 0.05) is 57.3 Å². The third-order valence-corrected chi connectivity index (χ3v) is 4.51. The number of carbonyl (C=O) groups excluding carboxylic acids is 3. The quantitative estimate of drug-likeness (QED) is 0.821. The maximum atomic E-state index is 12.5. The number of hydrogen-bond acceptors (Lipinski definition) is 3. The van der Waals surface area contributed by atoms with E-state index in [-0.39, 0.29) is 17.7 Å². The van der Waals surface area contributed by atoms with Gasteiger partial charge < -0.3 is 14.7 Å². The smallest absolute Gasteiger partial charge is 0.253 e. The average Bonchev–Trinajstić information content (AvgIpc) is 3.00. The van der Waals surface area contributed by atoms with Gasteiger partial charge in [-0.2, -0.15) is 0 Å². The van der Waals surface area contributed by atoms with Gasteiger partial charge in [0.1, 0.15) is 0 Å². The molecule has 0 spiro atoms. The third-order valence-electron chi connectivity index (χ3n) is 4.51. The van der Waals surface area contributed by atoms with Crippen molar-refractivity contribution in [3.63, 3.8) is 0 Å². The van der Waals surface area contributed by atoms with E-state index in [1.165, 1.54) is 0 Å². The highest BCUT2D eigenvalue weighted by Crippen LogP contribution is 2.22. The molecule has 0 aliphatic carbocycles. The molecule has 0 aromatic heterocycles. The lowest BCUT2D eigenvalue weighted by Gasteiger charge is -2.34. The topological polar surface area (TPSA) is 60.9 Å². The molecule has 2 aliphatic heterocycles. The molecular weight excluding hydrogens is 294 g/mol. The number of piperazine rings is 1. The second kappa shape index (κ2) is 6.40. The normalized spacial score (nSPS) is 18.5. The van der Waals surface area contributed by atoms with Gasteiger partial charge in [-0.05, 0) is 30.7 Å². The molecule has 3 rings (SSSR count). The first-order valence-electron chi connectivity index (χ1n) is 8.01. The van der Waals surface area contributed by atoms with Crippen LogP contribution in [-0.4, -0.2) is 60.2 Å². The van der Waals surface area contributed by atoms with Crippen molar-refractivity contribution in [1.82, 2.24) is 9.80 Å². The fraction of sp³-hybridized carbons (Fsp3) is 0.471. The summed E-state index contributed by atoms with van der Waals surface area (Å²) in [5.74, 6) is 0.175. The Hall–Kier alpha value is -2.37. The lowest BCUT2D eigenvalue weighted by Crippen LogP contribution is -2.50. The van der Waals surface area contributed by atoms with Crippen molar-refractivity contribution in [2.45, 2.75) is 19.8 Å². The molecule has 2 fully saturated rings. The molecule has 6 nitrogen and oxygen atoms in total. The zero-order valence-corrected chi connectivity index (χ0v) is 13.3. The summed E-state index contributed by atoms with van der Waals surface area (Å²) in [6.07, 6.45) is 1.49.